The second-order valence-corrected chi connectivity index (χ2v) is 12.2. The van der Waals surface area contributed by atoms with Crippen molar-refractivity contribution in [1.82, 2.24) is 10.2 Å². The van der Waals surface area contributed by atoms with Crippen LogP contribution in [0.5, 0.6) is 0 Å². The Labute approximate surface area is 249 Å². The van der Waals surface area contributed by atoms with Crippen molar-refractivity contribution in [2.75, 3.05) is 10.8 Å². The van der Waals surface area contributed by atoms with Gasteiger partial charge in [-0.3, -0.25) is 13.9 Å². The van der Waals surface area contributed by atoms with Gasteiger partial charge < -0.3 is 10.2 Å². The van der Waals surface area contributed by atoms with Gasteiger partial charge in [0.05, 0.1) is 16.1 Å². The van der Waals surface area contributed by atoms with Crippen molar-refractivity contribution >= 4 is 39.1 Å². The van der Waals surface area contributed by atoms with Crippen LogP contribution >= 0.6 is 11.6 Å². The van der Waals surface area contributed by atoms with Crippen molar-refractivity contribution in [3.05, 3.63) is 94.5 Å². The monoisotopic (exact) mass is 623 g/mol. The van der Waals surface area contributed by atoms with Gasteiger partial charge >= 0.3 is 6.18 Å². The number of carbonyl (C=O) groups is 2. The number of rotatable bonds is 11. The van der Waals surface area contributed by atoms with E-state index in [1.807, 2.05) is 6.92 Å². The summed E-state index contributed by atoms with van der Waals surface area (Å²) in [5.41, 5.74) is -0.163. The molecule has 3 aromatic carbocycles. The van der Waals surface area contributed by atoms with E-state index in [1.165, 1.54) is 30.0 Å². The molecule has 0 saturated heterocycles. The van der Waals surface area contributed by atoms with Gasteiger partial charge in [-0.25, -0.2) is 8.42 Å². The number of anilines is 1. The highest BCUT2D eigenvalue weighted by Crippen LogP contribution is 2.33. The predicted molar refractivity (Wildman–Crippen MR) is 157 cm³/mol. The van der Waals surface area contributed by atoms with Gasteiger partial charge in [0, 0.05) is 17.6 Å². The van der Waals surface area contributed by atoms with Crippen LogP contribution in [0.4, 0.5) is 18.9 Å². The van der Waals surface area contributed by atoms with E-state index in [4.69, 9.17) is 11.6 Å². The van der Waals surface area contributed by atoms with E-state index in [-0.39, 0.29) is 23.2 Å². The Kier molecular flexibility index (Phi) is 10.7. The highest BCUT2D eigenvalue weighted by molar-refractivity contribution is 7.92. The summed E-state index contributed by atoms with van der Waals surface area (Å²) in [5.74, 6) is -1.29. The lowest BCUT2D eigenvalue weighted by molar-refractivity contribution is -0.139. The Hall–Kier alpha value is -3.57. The van der Waals surface area contributed by atoms with Crippen LogP contribution in [-0.4, -0.2) is 43.8 Å². The lowest BCUT2D eigenvalue weighted by Gasteiger charge is -2.32. The normalized spacial score (nSPS) is 13.2. The number of nitrogens with zero attached hydrogens (tertiary/aromatic N) is 2. The standard InChI is InChI=1S/C30H33ClF3N3O4S/c1-5-21(3)35-29(39)22(4)36(18-23-9-6-7-12-27(23)31)28(38)19-37(25-11-8-10-24(17-25)30(32,33)34)42(40,41)26-15-13-20(2)14-16-26/h6-17,21-22H,5,18-19H2,1-4H3,(H,35,39). The highest BCUT2D eigenvalue weighted by Gasteiger charge is 2.35. The summed E-state index contributed by atoms with van der Waals surface area (Å²) in [6, 6.07) is 14.9. The zero-order chi connectivity index (χ0) is 31.2. The fourth-order valence-corrected chi connectivity index (χ4v) is 5.66. The smallest absolute Gasteiger partial charge is 0.352 e. The minimum absolute atomic E-state index is 0.144. The molecule has 7 nitrogen and oxygen atoms in total. The highest BCUT2D eigenvalue weighted by atomic mass is 35.5. The van der Waals surface area contributed by atoms with Crippen LogP contribution in [-0.2, 0) is 32.3 Å². The van der Waals surface area contributed by atoms with E-state index in [9.17, 15) is 31.2 Å². The number of sulfonamides is 1. The molecule has 12 heteroatoms. The SMILES string of the molecule is CCC(C)NC(=O)C(C)N(Cc1ccccc1Cl)C(=O)CN(c1cccc(C(F)(F)F)c1)S(=O)(=O)c1ccc(C)cc1. The average molecular weight is 624 g/mol. The second-order valence-electron chi connectivity index (χ2n) is 9.98. The number of hydrogen-bond acceptors (Lipinski definition) is 4. The molecule has 0 aliphatic rings. The molecule has 0 heterocycles. The molecule has 2 unspecified atom stereocenters. The maximum atomic E-state index is 13.9. The summed E-state index contributed by atoms with van der Waals surface area (Å²) in [7, 11) is -4.52. The van der Waals surface area contributed by atoms with Crippen LogP contribution in [0.15, 0.2) is 77.7 Å². The van der Waals surface area contributed by atoms with E-state index in [0.29, 0.717) is 27.4 Å². The van der Waals surface area contributed by atoms with Crippen LogP contribution < -0.4 is 9.62 Å². The van der Waals surface area contributed by atoms with Crippen molar-refractivity contribution in [1.29, 1.82) is 0 Å². The summed E-state index contributed by atoms with van der Waals surface area (Å²) >= 11 is 6.34. The summed E-state index contributed by atoms with van der Waals surface area (Å²) < 4.78 is 69.1. The molecule has 2 atom stereocenters. The predicted octanol–water partition coefficient (Wildman–Crippen LogP) is 6.19. The van der Waals surface area contributed by atoms with E-state index >= 15 is 0 Å². The minimum atomic E-state index is -4.75. The fraction of sp³-hybridized carbons (Fsp3) is 0.333. The Balaban J connectivity index is 2.10. The molecule has 42 heavy (non-hydrogen) atoms. The molecule has 3 aromatic rings. The molecule has 0 fully saturated rings. The number of alkyl halides is 3. The van der Waals surface area contributed by atoms with E-state index in [2.05, 4.69) is 5.32 Å². The number of nitrogens with one attached hydrogen (secondary N) is 1. The molecule has 3 rings (SSSR count). The van der Waals surface area contributed by atoms with Crippen molar-refractivity contribution < 1.29 is 31.2 Å². The molecular formula is C30H33ClF3N3O4S. The van der Waals surface area contributed by atoms with Crippen LogP contribution in [0.25, 0.3) is 0 Å². The number of carbonyl (C=O) groups excluding carboxylic acids is 2. The average Bonchev–Trinajstić information content (AvgIpc) is 2.94. The van der Waals surface area contributed by atoms with Gasteiger partial charge in [-0.15, -0.1) is 0 Å². The summed E-state index contributed by atoms with van der Waals surface area (Å²) in [6.07, 6.45) is -4.12. The molecular weight excluding hydrogens is 591 g/mol. The number of hydrogen-bond donors (Lipinski definition) is 1. The molecule has 0 saturated carbocycles. The van der Waals surface area contributed by atoms with Crippen molar-refractivity contribution in [3.63, 3.8) is 0 Å². The Morgan fingerprint density at radius 1 is 0.976 bits per heavy atom. The second kappa shape index (κ2) is 13.6. The van der Waals surface area contributed by atoms with Gasteiger partial charge in [-0.05, 0) is 69.2 Å². The van der Waals surface area contributed by atoms with Crippen LogP contribution in [0.1, 0.15) is 43.9 Å². The lowest BCUT2D eigenvalue weighted by atomic mass is 10.1. The van der Waals surface area contributed by atoms with Gasteiger partial charge in [-0.1, -0.05) is 60.5 Å². The van der Waals surface area contributed by atoms with Crippen LogP contribution in [0.2, 0.25) is 5.02 Å². The van der Waals surface area contributed by atoms with Gasteiger partial charge in [0.2, 0.25) is 11.8 Å². The van der Waals surface area contributed by atoms with Crippen molar-refractivity contribution in [2.24, 2.45) is 0 Å². The zero-order valence-electron chi connectivity index (χ0n) is 23.7. The first-order chi connectivity index (χ1) is 19.6. The molecule has 0 bridgehead atoms. The maximum Gasteiger partial charge on any atom is 0.416 e. The number of benzene rings is 3. The summed E-state index contributed by atoms with van der Waals surface area (Å²) in [6.45, 7) is 5.91. The van der Waals surface area contributed by atoms with Crippen molar-refractivity contribution in [2.45, 2.75) is 63.8 Å². The third-order valence-corrected chi connectivity index (χ3v) is 8.97. The van der Waals surface area contributed by atoms with Gasteiger partial charge in [0.1, 0.15) is 12.6 Å². The first-order valence-corrected chi connectivity index (χ1v) is 15.1. The lowest BCUT2D eigenvalue weighted by Crippen LogP contribution is -2.52. The number of amides is 2. The molecule has 0 spiro atoms. The third kappa shape index (κ3) is 8.04. The topological polar surface area (TPSA) is 86.8 Å². The third-order valence-electron chi connectivity index (χ3n) is 6.82. The Morgan fingerprint density at radius 3 is 2.21 bits per heavy atom. The molecule has 226 valence electrons. The molecule has 1 N–H and O–H groups in total. The molecule has 2 amide bonds. The maximum absolute atomic E-state index is 13.9. The molecule has 0 aliphatic carbocycles. The molecule has 0 radical (unpaired) electrons. The van der Waals surface area contributed by atoms with Gasteiger partial charge in [0.15, 0.2) is 0 Å². The van der Waals surface area contributed by atoms with Gasteiger partial charge in [-0.2, -0.15) is 13.2 Å². The summed E-state index contributed by atoms with van der Waals surface area (Å²) in [5, 5.41) is 3.14. The summed E-state index contributed by atoms with van der Waals surface area (Å²) in [4.78, 5) is 28.0. The number of aryl methyl sites for hydroxylation is 1. The van der Waals surface area contributed by atoms with E-state index in [0.717, 1.165) is 17.7 Å². The molecule has 0 aromatic heterocycles. The first kappa shape index (κ1) is 32.9. The molecule has 0 aliphatic heterocycles. The van der Waals surface area contributed by atoms with Crippen molar-refractivity contribution in [3.8, 4) is 0 Å². The largest absolute Gasteiger partial charge is 0.416 e. The van der Waals surface area contributed by atoms with Crippen LogP contribution in [0.3, 0.4) is 0 Å². The minimum Gasteiger partial charge on any atom is -0.352 e. The van der Waals surface area contributed by atoms with Gasteiger partial charge in [0.25, 0.3) is 10.0 Å². The Bertz CT molecular complexity index is 1510. The fourth-order valence-electron chi connectivity index (χ4n) is 4.06. The van der Waals surface area contributed by atoms with E-state index in [1.54, 1.807) is 50.2 Å². The van der Waals surface area contributed by atoms with Crippen LogP contribution in [0, 0.1) is 6.92 Å². The Morgan fingerprint density at radius 2 is 1.62 bits per heavy atom. The van der Waals surface area contributed by atoms with E-state index < -0.39 is 46.2 Å². The zero-order valence-corrected chi connectivity index (χ0v) is 25.2. The number of halogens is 4. The first-order valence-electron chi connectivity index (χ1n) is 13.2. The quantitative estimate of drug-likeness (QED) is 0.276.